The van der Waals surface area contributed by atoms with Gasteiger partial charge in [0.15, 0.2) is 15.6 Å². The number of furan rings is 1. The van der Waals surface area contributed by atoms with Crippen LogP contribution in [-0.4, -0.2) is 84.6 Å². The summed E-state index contributed by atoms with van der Waals surface area (Å²) in [5, 5.41) is 2.74. The molecule has 4 heterocycles. The Balaban J connectivity index is 1.06. The number of piperazine rings is 1. The van der Waals surface area contributed by atoms with Gasteiger partial charge in [-0.25, -0.2) is 18.4 Å². The molecule has 0 unspecified atom stereocenters. The van der Waals surface area contributed by atoms with Gasteiger partial charge in [0.2, 0.25) is 5.95 Å². The number of nitrogens with zero attached hydrogens (tertiary/aromatic N) is 4. The number of hydrogen-bond acceptors (Lipinski definition) is 9. The van der Waals surface area contributed by atoms with Crippen molar-refractivity contribution >= 4 is 33.3 Å². The van der Waals surface area contributed by atoms with Crippen LogP contribution in [0.15, 0.2) is 88.5 Å². The van der Waals surface area contributed by atoms with Crippen molar-refractivity contribution in [3.8, 4) is 11.3 Å². The average molecular weight is 602 g/mol. The number of rotatable bonds is 7. The SMILES string of the molecule is O=C(c1ccc(Nc2nccc(-c3ccc(S(=O)(=O)C4CCOCC4)cc3)n2)cc1)N1CCN(C(=O)c2ccco2)CC1. The maximum absolute atomic E-state index is 13.1. The van der Waals surface area contributed by atoms with E-state index in [1.54, 1.807) is 82.7 Å². The molecule has 2 saturated heterocycles. The number of sulfone groups is 1. The molecule has 43 heavy (non-hydrogen) atoms. The van der Waals surface area contributed by atoms with Crippen molar-refractivity contribution < 1.29 is 27.2 Å². The molecule has 0 saturated carbocycles. The molecule has 12 heteroatoms. The van der Waals surface area contributed by atoms with Crippen LogP contribution >= 0.6 is 0 Å². The average Bonchev–Trinajstić information content (AvgIpc) is 3.61. The highest BCUT2D eigenvalue weighted by Gasteiger charge is 2.29. The highest BCUT2D eigenvalue weighted by atomic mass is 32.2. The van der Waals surface area contributed by atoms with Crippen LogP contribution in [0.1, 0.15) is 33.8 Å². The van der Waals surface area contributed by atoms with Crippen LogP contribution in [0.5, 0.6) is 0 Å². The van der Waals surface area contributed by atoms with Crippen molar-refractivity contribution in [3.63, 3.8) is 0 Å². The van der Waals surface area contributed by atoms with Gasteiger partial charge in [0.05, 0.1) is 22.1 Å². The quantitative estimate of drug-likeness (QED) is 0.333. The number of anilines is 2. The molecular weight excluding hydrogens is 570 g/mol. The van der Waals surface area contributed by atoms with Crippen molar-refractivity contribution in [2.24, 2.45) is 0 Å². The fourth-order valence-corrected chi connectivity index (χ4v) is 6.96. The van der Waals surface area contributed by atoms with Gasteiger partial charge in [0.1, 0.15) is 0 Å². The zero-order valence-electron chi connectivity index (χ0n) is 23.4. The van der Waals surface area contributed by atoms with Gasteiger partial charge in [-0.3, -0.25) is 9.59 Å². The number of carbonyl (C=O) groups is 2. The van der Waals surface area contributed by atoms with Crippen LogP contribution in [0.3, 0.4) is 0 Å². The molecule has 6 rings (SSSR count). The molecule has 2 aromatic carbocycles. The molecule has 2 amide bonds. The van der Waals surface area contributed by atoms with Gasteiger partial charge in [-0.15, -0.1) is 0 Å². The van der Waals surface area contributed by atoms with Gasteiger partial charge < -0.3 is 24.3 Å². The number of ether oxygens (including phenoxy) is 1. The second kappa shape index (κ2) is 12.4. The third-order valence-corrected chi connectivity index (χ3v) is 9.99. The topological polar surface area (TPSA) is 135 Å². The van der Waals surface area contributed by atoms with Crippen LogP contribution in [-0.2, 0) is 14.6 Å². The van der Waals surface area contributed by atoms with Crippen molar-refractivity contribution in [2.75, 3.05) is 44.7 Å². The predicted molar refractivity (Wildman–Crippen MR) is 159 cm³/mol. The highest BCUT2D eigenvalue weighted by Crippen LogP contribution is 2.27. The maximum atomic E-state index is 13.1. The molecule has 0 spiro atoms. The Labute approximate surface area is 249 Å². The minimum Gasteiger partial charge on any atom is -0.459 e. The van der Waals surface area contributed by atoms with E-state index in [1.807, 2.05) is 0 Å². The van der Waals surface area contributed by atoms with E-state index in [2.05, 4.69) is 15.3 Å². The Kier molecular flexibility index (Phi) is 8.21. The Morgan fingerprint density at radius 3 is 2.16 bits per heavy atom. The number of benzene rings is 2. The van der Waals surface area contributed by atoms with Crippen molar-refractivity contribution in [2.45, 2.75) is 23.0 Å². The first-order valence-corrected chi connectivity index (χ1v) is 15.7. The summed E-state index contributed by atoms with van der Waals surface area (Å²) in [5.41, 5.74) is 2.66. The van der Waals surface area contributed by atoms with Gasteiger partial charge in [-0.2, -0.15) is 0 Å². The zero-order chi connectivity index (χ0) is 29.8. The van der Waals surface area contributed by atoms with E-state index in [4.69, 9.17) is 9.15 Å². The van der Waals surface area contributed by atoms with E-state index < -0.39 is 15.1 Å². The fourth-order valence-electron chi connectivity index (χ4n) is 5.25. The smallest absolute Gasteiger partial charge is 0.289 e. The summed E-state index contributed by atoms with van der Waals surface area (Å²) in [6.07, 6.45) is 4.11. The zero-order valence-corrected chi connectivity index (χ0v) is 24.2. The van der Waals surface area contributed by atoms with Gasteiger partial charge in [-0.1, -0.05) is 12.1 Å². The lowest BCUT2D eigenvalue weighted by molar-refractivity contribution is 0.0518. The van der Waals surface area contributed by atoms with Crippen LogP contribution < -0.4 is 5.32 Å². The first-order valence-electron chi connectivity index (χ1n) is 14.1. The Bertz CT molecular complexity index is 1680. The summed E-state index contributed by atoms with van der Waals surface area (Å²) in [5.74, 6) is 0.395. The first kappa shape index (κ1) is 28.6. The van der Waals surface area contributed by atoms with Gasteiger partial charge in [-0.05, 0) is 67.4 Å². The molecule has 2 fully saturated rings. The van der Waals surface area contributed by atoms with E-state index in [0.717, 1.165) is 5.56 Å². The van der Waals surface area contributed by atoms with E-state index in [-0.39, 0.29) is 11.8 Å². The largest absolute Gasteiger partial charge is 0.459 e. The van der Waals surface area contributed by atoms with E-state index >= 15 is 0 Å². The van der Waals surface area contributed by atoms with Crippen molar-refractivity contribution in [1.82, 2.24) is 19.8 Å². The van der Waals surface area contributed by atoms with E-state index in [0.29, 0.717) is 85.8 Å². The standard InChI is InChI=1S/C31H31N5O6S/c37-29(35-15-17-36(18-16-35)30(38)28-2-1-19-42-28)23-3-7-24(8-4-23)33-31-32-14-11-27(34-31)22-5-9-25(10-6-22)43(39,40)26-12-20-41-21-13-26/h1-11,14,19,26H,12-13,15-18,20-21H2,(H,32,33,34). The molecule has 0 atom stereocenters. The summed E-state index contributed by atoms with van der Waals surface area (Å²) in [7, 11) is -3.41. The van der Waals surface area contributed by atoms with Crippen molar-refractivity contribution in [1.29, 1.82) is 0 Å². The molecular formula is C31H31N5O6S. The molecule has 0 aliphatic carbocycles. The van der Waals surface area contributed by atoms with Crippen LogP contribution in [0.2, 0.25) is 0 Å². The molecule has 1 N–H and O–H groups in total. The molecule has 0 radical (unpaired) electrons. The Hall–Kier alpha value is -4.55. The lowest BCUT2D eigenvalue weighted by Gasteiger charge is -2.34. The van der Waals surface area contributed by atoms with Gasteiger partial charge in [0, 0.05) is 62.4 Å². The molecule has 11 nitrogen and oxygen atoms in total. The Morgan fingerprint density at radius 1 is 0.837 bits per heavy atom. The molecule has 222 valence electrons. The van der Waals surface area contributed by atoms with Crippen LogP contribution in [0.25, 0.3) is 11.3 Å². The molecule has 0 bridgehead atoms. The molecule has 2 aliphatic heterocycles. The molecule has 4 aromatic rings. The minimum atomic E-state index is -3.41. The normalized spacial score (nSPS) is 16.2. The van der Waals surface area contributed by atoms with Crippen molar-refractivity contribution in [3.05, 3.63) is 90.5 Å². The van der Waals surface area contributed by atoms with Gasteiger partial charge in [0.25, 0.3) is 11.8 Å². The number of carbonyl (C=O) groups excluding carboxylic acids is 2. The molecule has 2 aliphatic rings. The Morgan fingerprint density at radius 2 is 1.51 bits per heavy atom. The van der Waals surface area contributed by atoms with E-state index in [9.17, 15) is 18.0 Å². The number of amides is 2. The fraction of sp³-hybridized carbons (Fsp3) is 0.290. The predicted octanol–water partition coefficient (Wildman–Crippen LogP) is 4.03. The monoisotopic (exact) mass is 601 g/mol. The van der Waals surface area contributed by atoms with Gasteiger partial charge >= 0.3 is 0 Å². The number of hydrogen-bond donors (Lipinski definition) is 1. The second-order valence-electron chi connectivity index (χ2n) is 10.4. The maximum Gasteiger partial charge on any atom is 0.289 e. The summed E-state index contributed by atoms with van der Waals surface area (Å²) in [6, 6.07) is 18.9. The van der Waals surface area contributed by atoms with Crippen LogP contribution in [0, 0.1) is 0 Å². The van der Waals surface area contributed by atoms with E-state index in [1.165, 1.54) is 6.26 Å². The lowest BCUT2D eigenvalue weighted by atomic mass is 10.1. The molecule has 2 aromatic heterocycles. The van der Waals surface area contributed by atoms with Crippen LogP contribution in [0.4, 0.5) is 11.6 Å². The number of aromatic nitrogens is 2. The lowest BCUT2D eigenvalue weighted by Crippen LogP contribution is -2.50. The number of nitrogens with one attached hydrogen (secondary N) is 1. The highest BCUT2D eigenvalue weighted by molar-refractivity contribution is 7.92. The summed E-state index contributed by atoms with van der Waals surface area (Å²) in [4.78, 5) is 38.2. The summed E-state index contributed by atoms with van der Waals surface area (Å²) in [6.45, 7) is 2.68. The summed E-state index contributed by atoms with van der Waals surface area (Å²) < 4.78 is 36.5. The second-order valence-corrected chi connectivity index (χ2v) is 12.6. The third-order valence-electron chi connectivity index (χ3n) is 7.72. The summed E-state index contributed by atoms with van der Waals surface area (Å²) >= 11 is 0. The minimum absolute atomic E-state index is 0.0998. The third kappa shape index (κ3) is 6.30. The first-order chi connectivity index (χ1) is 20.9.